The molecule has 2 atom stereocenters. The molecule has 0 fully saturated rings. The summed E-state index contributed by atoms with van der Waals surface area (Å²) >= 11 is 0. The number of likely N-dealkylation sites (N-methyl/N-ethyl adjacent to an activating group) is 3. The minimum atomic E-state index is 0.167. The maximum Gasteiger partial charge on any atom is 0.165 e. The summed E-state index contributed by atoms with van der Waals surface area (Å²) in [5.41, 5.74) is 1.70. The Hall–Kier alpha value is -0.530. The zero-order chi connectivity index (χ0) is 18.5. The number of nitrogens with zero attached hydrogens (tertiary/aromatic N) is 1. The zero-order valence-corrected chi connectivity index (χ0v) is 17.3. The number of hydrogen-bond acceptors (Lipinski definition) is 5. The summed E-state index contributed by atoms with van der Waals surface area (Å²) < 4.78 is 2.67. The van der Waals surface area contributed by atoms with Crippen molar-refractivity contribution in [2.75, 3.05) is 66.5 Å². The van der Waals surface area contributed by atoms with E-state index in [4.69, 9.17) is 0 Å². The number of nitrogens with one attached hydrogen (secondary N) is 5. The van der Waals surface area contributed by atoms with Crippen LogP contribution < -0.4 is 26.6 Å². The average Bonchev–Trinajstić information content (AvgIpc) is 2.92. The van der Waals surface area contributed by atoms with Crippen LogP contribution in [0.1, 0.15) is 40.0 Å². The summed E-state index contributed by atoms with van der Waals surface area (Å²) in [6, 6.07) is 0.589. The van der Waals surface area contributed by atoms with E-state index in [2.05, 4.69) is 51.9 Å². The van der Waals surface area contributed by atoms with Gasteiger partial charge in [0.05, 0.1) is 18.5 Å². The van der Waals surface area contributed by atoms with Crippen LogP contribution in [-0.4, -0.2) is 88.3 Å². The summed E-state index contributed by atoms with van der Waals surface area (Å²) in [6.45, 7) is 15.1. The molecule has 2 unspecified atom stereocenters. The van der Waals surface area contributed by atoms with Crippen molar-refractivity contribution >= 4 is 5.71 Å². The van der Waals surface area contributed by atoms with Gasteiger partial charge in [-0.25, -0.2) is 4.58 Å². The van der Waals surface area contributed by atoms with Gasteiger partial charge in [-0.1, -0.05) is 13.8 Å². The molecule has 0 aromatic carbocycles. The van der Waals surface area contributed by atoms with Gasteiger partial charge in [0.1, 0.15) is 0 Å². The van der Waals surface area contributed by atoms with Crippen LogP contribution in [0.15, 0.2) is 0 Å². The summed E-state index contributed by atoms with van der Waals surface area (Å²) in [6.07, 6.45) is 3.60. The predicted molar refractivity (Wildman–Crippen MR) is 109 cm³/mol. The first-order valence-corrected chi connectivity index (χ1v) is 10.2. The molecule has 0 aromatic heterocycles. The molecule has 148 valence electrons. The lowest BCUT2D eigenvalue weighted by Gasteiger charge is -2.28. The van der Waals surface area contributed by atoms with Gasteiger partial charge in [0.15, 0.2) is 18.3 Å². The Kier molecular flexibility index (Phi) is 11.5. The van der Waals surface area contributed by atoms with Crippen molar-refractivity contribution < 1.29 is 4.58 Å². The van der Waals surface area contributed by atoms with Crippen LogP contribution in [-0.2, 0) is 0 Å². The fraction of sp³-hybridized carbons (Fsp3) is 0.947. The van der Waals surface area contributed by atoms with Gasteiger partial charge in [-0.3, -0.25) is 0 Å². The highest BCUT2D eigenvalue weighted by Crippen LogP contribution is 2.21. The van der Waals surface area contributed by atoms with E-state index in [1.807, 2.05) is 14.1 Å². The van der Waals surface area contributed by atoms with Gasteiger partial charge in [0.25, 0.3) is 0 Å². The van der Waals surface area contributed by atoms with Crippen molar-refractivity contribution in [2.24, 2.45) is 0 Å². The van der Waals surface area contributed by atoms with Crippen LogP contribution >= 0.6 is 0 Å². The van der Waals surface area contributed by atoms with Gasteiger partial charge >= 0.3 is 0 Å². The van der Waals surface area contributed by atoms with Crippen molar-refractivity contribution in [2.45, 2.75) is 51.6 Å². The Morgan fingerprint density at radius 3 is 2.44 bits per heavy atom. The molecule has 1 aliphatic heterocycles. The normalized spacial score (nSPS) is 22.0. The van der Waals surface area contributed by atoms with Crippen LogP contribution in [0.4, 0.5) is 0 Å². The van der Waals surface area contributed by atoms with Crippen molar-refractivity contribution in [3.05, 3.63) is 0 Å². The highest BCUT2D eigenvalue weighted by atomic mass is 15.2. The average molecular weight is 356 g/mol. The Balaban J connectivity index is 2.73. The summed E-state index contributed by atoms with van der Waals surface area (Å²) in [5, 5.41) is 17.5. The Bertz CT molecular complexity index is 384. The minimum absolute atomic E-state index is 0.167. The third kappa shape index (κ3) is 7.71. The van der Waals surface area contributed by atoms with E-state index >= 15 is 0 Å². The van der Waals surface area contributed by atoms with Crippen LogP contribution in [0.25, 0.3) is 0 Å². The van der Waals surface area contributed by atoms with Gasteiger partial charge < -0.3 is 26.6 Å². The molecule has 0 spiro atoms. The summed E-state index contributed by atoms with van der Waals surface area (Å²) in [4.78, 5) is 0. The van der Waals surface area contributed by atoms with Gasteiger partial charge in [-0.2, -0.15) is 0 Å². The van der Waals surface area contributed by atoms with Crippen molar-refractivity contribution in [1.29, 1.82) is 0 Å². The van der Waals surface area contributed by atoms with E-state index in [1.54, 1.807) is 0 Å². The Morgan fingerprint density at radius 2 is 1.80 bits per heavy atom. The predicted octanol–water partition coefficient (Wildman–Crippen LogP) is -0.00150. The molecule has 1 heterocycles. The van der Waals surface area contributed by atoms with E-state index < -0.39 is 0 Å². The van der Waals surface area contributed by atoms with E-state index in [9.17, 15) is 0 Å². The molecule has 0 amide bonds. The third-order valence-corrected chi connectivity index (χ3v) is 5.16. The number of rotatable bonds is 15. The van der Waals surface area contributed by atoms with E-state index in [0.717, 1.165) is 58.8 Å². The first kappa shape index (κ1) is 22.5. The molecule has 5 N–H and O–H groups in total. The summed E-state index contributed by atoms with van der Waals surface area (Å²) in [5.74, 6) is 0. The molecule has 0 saturated carbocycles. The molecule has 6 nitrogen and oxygen atoms in total. The van der Waals surface area contributed by atoms with Crippen LogP contribution in [0.3, 0.4) is 0 Å². The van der Waals surface area contributed by atoms with Crippen LogP contribution in [0.2, 0.25) is 0 Å². The zero-order valence-electron chi connectivity index (χ0n) is 17.3. The topological polar surface area (TPSA) is 63.2 Å². The smallest absolute Gasteiger partial charge is 0.165 e. The van der Waals surface area contributed by atoms with Gasteiger partial charge in [-0.15, -0.1) is 0 Å². The quantitative estimate of drug-likeness (QED) is 0.211. The Labute approximate surface area is 155 Å². The fourth-order valence-electron chi connectivity index (χ4n) is 3.96. The molecule has 1 rings (SSSR count). The van der Waals surface area contributed by atoms with E-state index in [0.29, 0.717) is 6.04 Å². The SMILES string of the molecule is CCNCC(CCCNC)[N+]1=C(C)CC(CNCCNC)(NCC)C1. The number of hydrogen-bond donors (Lipinski definition) is 5. The maximum absolute atomic E-state index is 3.80. The van der Waals surface area contributed by atoms with Crippen molar-refractivity contribution in [3.63, 3.8) is 0 Å². The fourth-order valence-corrected chi connectivity index (χ4v) is 3.96. The lowest BCUT2D eigenvalue weighted by Crippen LogP contribution is -2.56. The monoisotopic (exact) mass is 355 g/mol. The van der Waals surface area contributed by atoms with Crippen molar-refractivity contribution in [1.82, 2.24) is 26.6 Å². The molecule has 25 heavy (non-hydrogen) atoms. The molecule has 0 radical (unpaired) electrons. The largest absolute Gasteiger partial charge is 0.320 e. The molecule has 0 aliphatic carbocycles. The summed E-state index contributed by atoms with van der Waals surface area (Å²) in [7, 11) is 4.05. The molecule has 0 aromatic rings. The van der Waals surface area contributed by atoms with Crippen molar-refractivity contribution in [3.8, 4) is 0 Å². The van der Waals surface area contributed by atoms with Gasteiger partial charge in [-0.05, 0) is 40.2 Å². The lowest BCUT2D eigenvalue weighted by molar-refractivity contribution is -0.564. The molecule has 6 heteroatoms. The van der Waals surface area contributed by atoms with E-state index in [-0.39, 0.29) is 5.54 Å². The molecule has 1 aliphatic rings. The van der Waals surface area contributed by atoms with Crippen LogP contribution in [0, 0.1) is 0 Å². The second-order valence-corrected chi connectivity index (χ2v) is 7.34. The lowest BCUT2D eigenvalue weighted by atomic mass is 9.95. The Morgan fingerprint density at radius 1 is 1.04 bits per heavy atom. The second-order valence-electron chi connectivity index (χ2n) is 7.34. The molecule has 0 saturated heterocycles. The highest BCUT2D eigenvalue weighted by molar-refractivity contribution is 5.79. The van der Waals surface area contributed by atoms with E-state index in [1.165, 1.54) is 18.6 Å². The second kappa shape index (κ2) is 12.8. The highest BCUT2D eigenvalue weighted by Gasteiger charge is 2.44. The molecular formula is C19H43N6+. The van der Waals surface area contributed by atoms with Gasteiger partial charge in [0.2, 0.25) is 0 Å². The molecular weight excluding hydrogens is 312 g/mol. The standard InChI is InChI=1S/C19H43N6/c1-6-22-14-18(9-8-10-20-4)25-16-19(24-7-2,13-17(25)3)15-23-12-11-21-5/h18,20-24H,6-16H2,1-5H3/q+1. The maximum atomic E-state index is 3.80. The third-order valence-electron chi connectivity index (χ3n) is 5.16. The first-order chi connectivity index (χ1) is 12.1. The minimum Gasteiger partial charge on any atom is -0.320 e. The van der Waals surface area contributed by atoms with Gasteiger partial charge in [0, 0.05) is 33.0 Å². The first-order valence-electron chi connectivity index (χ1n) is 10.2. The molecule has 0 bridgehead atoms. The van der Waals surface area contributed by atoms with Crippen LogP contribution in [0.5, 0.6) is 0 Å².